The van der Waals surface area contributed by atoms with E-state index < -0.39 is 0 Å². The number of hydrogen-bond donors (Lipinski definition) is 1. The Kier molecular flexibility index (Phi) is 5.87. The van der Waals surface area contributed by atoms with Crippen molar-refractivity contribution in [3.05, 3.63) is 23.8 Å². The summed E-state index contributed by atoms with van der Waals surface area (Å²) in [6.45, 7) is 3.25. The lowest BCUT2D eigenvalue weighted by Gasteiger charge is -2.14. The Balaban J connectivity index is 1.76. The first kappa shape index (κ1) is 15.6. The third-order valence-corrected chi connectivity index (χ3v) is 3.75. The van der Waals surface area contributed by atoms with Gasteiger partial charge in [0, 0.05) is 6.54 Å². The van der Waals surface area contributed by atoms with Crippen LogP contribution in [0.25, 0.3) is 0 Å². The molecule has 1 aromatic carbocycles. The number of amides is 1. The average Bonchev–Trinajstić information content (AvgIpc) is 2.99. The van der Waals surface area contributed by atoms with Gasteiger partial charge in [-0.1, -0.05) is 6.07 Å². The summed E-state index contributed by atoms with van der Waals surface area (Å²) in [6, 6.07) is 5.83. The lowest BCUT2D eigenvalue weighted by atomic mass is 10.1. The summed E-state index contributed by atoms with van der Waals surface area (Å²) in [5.74, 6) is 1.55. The van der Waals surface area contributed by atoms with Gasteiger partial charge in [0.15, 0.2) is 11.5 Å². The highest BCUT2D eigenvalue weighted by molar-refractivity contribution is 5.78. The van der Waals surface area contributed by atoms with E-state index in [1.807, 2.05) is 18.2 Å². The number of nitrogens with one attached hydrogen (secondary N) is 1. The molecule has 2 rings (SSSR count). The smallest absolute Gasteiger partial charge is 0.234 e. The fraction of sp³-hybridized carbons (Fsp3) is 0.562. The summed E-state index contributed by atoms with van der Waals surface area (Å²) in [4.78, 5) is 14.0. The minimum absolute atomic E-state index is 0.109. The number of methoxy groups -OCH3 is 2. The number of benzene rings is 1. The molecule has 0 radical (unpaired) electrons. The number of hydrogen-bond acceptors (Lipinski definition) is 4. The minimum atomic E-state index is 0.109. The van der Waals surface area contributed by atoms with Crippen LogP contribution in [0.15, 0.2) is 18.2 Å². The Morgan fingerprint density at radius 2 is 1.90 bits per heavy atom. The van der Waals surface area contributed by atoms with Gasteiger partial charge in [-0.15, -0.1) is 0 Å². The molecule has 0 atom stereocenters. The lowest BCUT2D eigenvalue weighted by Crippen LogP contribution is -2.36. The average molecular weight is 292 g/mol. The molecule has 1 fully saturated rings. The molecule has 21 heavy (non-hydrogen) atoms. The van der Waals surface area contributed by atoms with Crippen molar-refractivity contribution in [3.63, 3.8) is 0 Å². The predicted molar refractivity (Wildman–Crippen MR) is 81.9 cm³/mol. The Morgan fingerprint density at radius 3 is 2.57 bits per heavy atom. The first-order valence-corrected chi connectivity index (χ1v) is 7.43. The molecule has 1 heterocycles. The maximum atomic E-state index is 11.8. The topological polar surface area (TPSA) is 50.8 Å². The summed E-state index contributed by atoms with van der Waals surface area (Å²) < 4.78 is 10.5. The molecule has 1 aromatic rings. The van der Waals surface area contributed by atoms with E-state index in [0.29, 0.717) is 13.1 Å². The summed E-state index contributed by atoms with van der Waals surface area (Å²) in [5, 5.41) is 2.97. The van der Waals surface area contributed by atoms with Crippen molar-refractivity contribution in [2.24, 2.45) is 0 Å². The van der Waals surface area contributed by atoms with Crippen LogP contribution in [0.4, 0.5) is 0 Å². The maximum absolute atomic E-state index is 11.8. The van der Waals surface area contributed by atoms with Crippen molar-refractivity contribution in [2.45, 2.75) is 19.3 Å². The van der Waals surface area contributed by atoms with Crippen molar-refractivity contribution in [3.8, 4) is 11.5 Å². The van der Waals surface area contributed by atoms with Gasteiger partial charge in [-0.2, -0.15) is 0 Å². The zero-order valence-electron chi connectivity index (χ0n) is 12.9. The molecule has 0 saturated carbocycles. The zero-order valence-corrected chi connectivity index (χ0v) is 12.9. The quantitative estimate of drug-likeness (QED) is 0.826. The van der Waals surface area contributed by atoms with Crippen molar-refractivity contribution >= 4 is 5.91 Å². The number of likely N-dealkylation sites (tertiary alicyclic amines) is 1. The molecule has 1 saturated heterocycles. The fourth-order valence-corrected chi connectivity index (χ4v) is 2.58. The predicted octanol–water partition coefficient (Wildman–Crippen LogP) is 1.46. The van der Waals surface area contributed by atoms with E-state index in [-0.39, 0.29) is 5.91 Å². The number of carbonyl (C=O) groups is 1. The van der Waals surface area contributed by atoms with E-state index in [4.69, 9.17) is 9.47 Å². The molecule has 5 heteroatoms. The summed E-state index contributed by atoms with van der Waals surface area (Å²) >= 11 is 0. The van der Waals surface area contributed by atoms with Gasteiger partial charge in [-0.3, -0.25) is 9.69 Å². The molecule has 116 valence electrons. The van der Waals surface area contributed by atoms with E-state index >= 15 is 0 Å². The van der Waals surface area contributed by atoms with E-state index in [9.17, 15) is 4.79 Å². The van der Waals surface area contributed by atoms with E-state index in [0.717, 1.165) is 36.6 Å². The molecular formula is C16H24N2O3. The maximum Gasteiger partial charge on any atom is 0.234 e. The molecule has 1 aliphatic rings. The lowest BCUT2D eigenvalue weighted by molar-refractivity contribution is -0.121. The zero-order chi connectivity index (χ0) is 15.1. The van der Waals surface area contributed by atoms with Gasteiger partial charge < -0.3 is 14.8 Å². The fourth-order valence-electron chi connectivity index (χ4n) is 2.58. The van der Waals surface area contributed by atoms with Crippen LogP contribution < -0.4 is 14.8 Å². The van der Waals surface area contributed by atoms with Crippen LogP contribution in [-0.2, 0) is 11.2 Å². The minimum Gasteiger partial charge on any atom is -0.493 e. The van der Waals surface area contributed by atoms with Gasteiger partial charge in [0.25, 0.3) is 0 Å². The second kappa shape index (κ2) is 7.88. The first-order chi connectivity index (χ1) is 10.2. The molecule has 1 aliphatic heterocycles. The molecule has 0 unspecified atom stereocenters. The summed E-state index contributed by atoms with van der Waals surface area (Å²) in [6.07, 6.45) is 3.20. The van der Waals surface area contributed by atoms with Crippen LogP contribution in [0.2, 0.25) is 0 Å². The Bertz CT molecular complexity index is 471. The third-order valence-electron chi connectivity index (χ3n) is 3.75. The summed E-state index contributed by atoms with van der Waals surface area (Å²) in [7, 11) is 3.25. The highest BCUT2D eigenvalue weighted by Crippen LogP contribution is 2.27. The van der Waals surface area contributed by atoms with Gasteiger partial charge in [-0.05, 0) is 50.0 Å². The highest BCUT2D eigenvalue weighted by atomic mass is 16.5. The van der Waals surface area contributed by atoms with Gasteiger partial charge >= 0.3 is 0 Å². The molecule has 0 spiro atoms. The van der Waals surface area contributed by atoms with Crippen LogP contribution in [0.5, 0.6) is 11.5 Å². The Labute approximate surface area is 126 Å². The van der Waals surface area contributed by atoms with Gasteiger partial charge in [0.1, 0.15) is 0 Å². The van der Waals surface area contributed by atoms with Crippen molar-refractivity contribution in [1.29, 1.82) is 0 Å². The van der Waals surface area contributed by atoms with Crippen molar-refractivity contribution in [1.82, 2.24) is 10.2 Å². The monoisotopic (exact) mass is 292 g/mol. The van der Waals surface area contributed by atoms with Crippen molar-refractivity contribution in [2.75, 3.05) is 40.4 Å². The normalized spacial score (nSPS) is 15.0. The third kappa shape index (κ3) is 4.63. The van der Waals surface area contributed by atoms with Gasteiger partial charge in [0.05, 0.1) is 20.8 Å². The highest BCUT2D eigenvalue weighted by Gasteiger charge is 2.14. The Morgan fingerprint density at radius 1 is 1.19 bits per heavy atom. The molecule has 1 amide bonds. The van der Waals surface area contributed by atoms with Crippen LogP contribution in [0.3, 0.4) is 0 Å². The van der Waals surface area contributed by atoms with Crippen LogP contribution >= 0.6 is 0 Å². The van der Waals surface area contributed by atoms with Crippen molar-refractivity contribution < 1.29 is 14.3 Å². The second-order valence-corrected chi connectivity index (χ2v) is 5.27. The summed E-state index contributed by atoms with van der Waals surface area (Å²) in [5.41, 5.74) is 1.12. The molecule has 0 aromatic heterocycles. The van der Waals surface area contributed by atoms with Crippen LogP contribution in [0.1, 0.15) is 18.4 Å². The Hall–Kier alpha value is -1.75. The number of rotatable bonds is 7. The van der Waals surface area contributed by atoms with E-state index in [2.05, 4.69) is 10.2 Å². The number of carbonyl (C=O) groups excluding carboxylic acids is 1. The largest absolute Gasteiger partial charge is 0.493 e. The van der Waals surface area contributed by atoms with Crippen LogP contribution in [-0.4, -0.2) is 51.2 Å². The molecule has 0 bridgehead atoms. The first-order valence-electron chi connectivity index (χ1n) is 7.43. The molecular weight excluding hydrogens is 268 g/mol. The number of ether oxygens (including phenoxy) is 2. The van der Waals surface area contributed by atoms with E-state index in [1.165, 1.54) is 12.8 Å². The van der Waals surface area contributed by atoms with Crippen LogP contribution in [0, 0.1) is 0 Å². The standard InChI is InChI=1S/C16H24N2O3/c1-20-14-6-5-13(11-15(14)21-2)7-8-17-16(19)12-18-9-3-4-10-18/h5-6,11H,3-4,7-10,12H2,1-2H3,(H,17,19). The van der Waals surface area contributed by atoms with Gasteiger partial charge in [-0.25, -0.2) is 0 Å². The number of nitrogens with zero attached hydrogens (tertiary/aromatic N) is 1. The van der Waals surface area contributed by atoms with Gasteiger partial charge in [0.2, 0.25) is 5.91 Å². The molecule has 1 N–H and O–H groups in total. The molecule has 0 aliphatic carbocycles. The second-order valence-electron chi connectivity index (χ2n) is 5.27. The SMILES string of the molecule is COc1ccc(CCNC(=O)CN2CCCC2)cc1OC. The van der Waals surface area contributed by atoms with E-state index in [1.54, 1.807) is 14.2 Å². The molecule has 5 nitrogen and oxygen atoms in total.